The van der Waals surface area contributed by atoms with Crippen molar-refractivity contribution in [1.29, 1.82) is 0 Å². The first-order valence-corrected chi connectivity index (χ1v) is 6.39. The van der Waals surface area contributed by atoms with Crippen LogP contribution in [-0.4, -0.2) is 11.0 Å². The van der Waals surface area contributed by atoms with Crippen LogP contribution in [0.5, 0.6) is 0 Å². The number of amides is 1. The second-order valence-corrected chi connectivity index (χ2v) is 4.84. The van der Waals surface area contributed by atoms with Gasteiger partial charge in [0.05, 0.1) is 6.54 Å². The van der Waals surface area contributed by atoms with Crippen molar-refractivity contribution >= 4 is 17.5 Å². The Morgan fingerprint density at radius 2 is 1.84 bits per heavy atom. The lowest BCUT2D eigenvalue weighted by molar-refractivity contribution is -0.134. The van der Waals surface area contributed by atoms with E-state index in [0.717, 1.165) is 16.7 Å². The molecule has 0 N–H and O–H groups in total. The molecule has 0 aliphatic carbocycles. The Balaban J connectivity index is 1.67. The number of carbonyl (C=O) groups excluding carboxylic acids is 1. The molecule has 19 heavy (non-hydrogen) atoms. The molecule has 1 heterocycles. The Bertz CT molecular complexity index is 610. The average Bonchev–Trinajstić information content (AvgIpc) is 2.76. The summed E-state index contributed by atoms with van der Waals surface area (Å²) in [5, 5.41) is 2.09. The van der Waals surface area contributed by atoms with E-state index in [-0.39, 0.29) is 5.91 Å². The molecule has 3 rings (SSSR count). The third-order valence-electron chi connectivity index (χ3n) is 3.09. The molecule has 0 saturated carbocycles. The predicted octanol–water partition coefficient (Wildman–Crippen LogP) is 3.43. The molecule has 0 spiro atoms. The Labute approximate surface area is 116 Å². The van der Waals surface area contributed by atoms with Crippen LogP contribution in [0.2, 0.25) is 5.02 Å². The largest absolute Gasteiger partial charge is 0.278 e. The monoisotopic (exact) mass is 273 g/mol. The number of carbonyl (C=O) groups is 1. The minimum Gasteiger partial charge on any atom is -0.267 e. The fourth-order valence-electron chi connectivity index (χ4n) is 2.07. The van der Waals surface area contributed by atoms with Gasteiger partial charge in [0.15, 0.2) is 0 Å². The summed E-state index contributed by atoms with van der Waals surface area (Å²) in [5.74, 6) is -0.0791. The Morgan fingerprint density at radius 3 is 2.58 bits per heavy atom. The molecule has 1 aliphatic rings. The topological polar surface area (TPSA) is 29.5 Å². The highest BCUT2D eigenvalue weighted by Gasteiger charge is 2.27. The van der Waals surface area contributed by atoms with Crippen LogP contribution >= 0.6 is 11.6 Å². The quantitative estimate of drug-likeness (QED) is 0.857. The van der Waals surface area contributed by atoms with E-state index < -0.39 is 0 Å². The maximum atomic E-state index is 12.1. The SMILES string of the molecule is O=C1c2ccccc2CN1OCc1ccc(Cl)cc1. The summed E-state index contributed by atoms with van der Waals surface area (Å²) in [6, 6.07) is 14.9. The second-order valence-electron chi connectivity index (χ2n) is 4.40. The summed E-state index contributed by atoms with van der Waals surface area (Å²) in [6.45, 7) is 0.861. The normalized spacial score (nSPS) is 13.7. The van der Waals surface area contributed by atoms with Gasteiger partial charge in [-0.3, -0.25) is 9.63 Å². The van der Waals surface area contributed by atoms with E-state index in [0.29, 0.717) is 18.2 Å². The number of hydroxylamine groups is 2. The van der Waals surface area contributed by atoms with Crippen molar-refractivity contribution in [2.45, 2.75) is 13.2 Å². The van der Waals surface area contributed by atoms with Crippen LogP contribution in [0.25, 0.3) is 0 Å². The van der Waals surface area contributed by atoms with Gasteiger partial charge in [-0.2, -0.15) is 0 Å². The zero-order valence-electron chi connectivity index (χ0n) is 10.2. The maximum absolute atomic E-state index is 12.1. The summed E-state index contributed by atoms with van der Waals surface area (Å²) >= 11 is 5.82. The minimum atomic E-state index is -0.0791. The van der Waals surface area contributed by atoms with Gasteiger partial charge < -0.3 is 0 Å². The fraction of sp³-hybridized carbons (Fsp3) is 0.133. The lowest BCUT2D eigenvalue weighted by atomic mass is 10.1. The van der Waals surface area contributed by atoms with Crippen LogP contribution < -0.4 is 0 Å². The molecule has 0 radical (unpaired) electrons. The highest BCUT2D eigenvalue weighted by atomic mass is 35.5. The summed E-state index contributed by atoms with van der Waals surface area (Å²) < 4.78 is 0. The second kappa shape index (κ2) is 5.03. The van der Waals surface area contributed by atoms with Crippen LogP contribution in [0.4, 0.5) is 0 Å². The standard InChI is InChI=1S/C15H12ClNO2/c16-13-7-5-11(6-8-13)10-19-17-9-12-3-1-2-4-14(12)15(17)18/h1-8H,9-10H2. The number of fused-ring (bicyclic) bond motifs is 1. The van der Waals surface area contributed by atoms with E-state index in [1.54, 1.807) is 12.1 Å². The number of halogens is 1. The average molecular weight is 274 g/mol. The van der Waals surface area contributed by atoms with Crippen LogP contribution in [0.1, 0.15) is 21.5 Å². The molecular weight excluding hydrogens is 262 g/mol. The van der Waals surface area contributed by atoms with Gasteiger partial charge >= 0.3 is 0 Å². The summed E-state index contributed by atoms with van der Waals surface area (Å²) in [4.78, 5) is 17.6. The molecule has 0 aromatic heterocycles. The molecule has 2 aromatic carbocycles. The highest BCUT2D eigenvalue weighted by Crippen LogP contribution is 2.23. The van der Waals surface area contributed by atoms with Gasteiger partial charge in [-0.05, 0) is 29.3 Å². The molecule has 0 fully saturated rings. The van der Waals surface area contributed by atoms with Gasteiger partial charge in [-0.15, -0.1) is 0 Å². The van der Waals surface area contributed by atoms with Crippen molar-refractivity contribution in [3.63, 3.8) is 0 Å². The minimum absolute atomic E-state index is 0.0791. The molecule has 1 aliphatic heterocycles. The maximum Gasteiger partial charge on any atom is 0.278 e. The molecule has 4 heteroatoms. The highest BCUT2D eigenvalue weighted by molar-refractivity contribution is 6.30. The third-order valence-corrected chi connectivity index (χ3v) is 3.34. The molecule has 2 aromatic rings. The van der Waals surface area contributed by atoms with Gasteiger partial charge in [0.2, 0.25) is 0 Å². The van der Waals surface area contributed by atoms with E-state index in [2.05, 4.69) is 0 Å². The molecule has 0 unspecified atom stereocenters. The van der Waals surface area contributed by atoms with Crippen molar-refractivity contribution in [2.75, 3.05) is 0 Å². The fourth-order valence-corrected chi connectivity index (χ4v) is 2.19. The van der Waals surface area contributed by atoms with Crippen LogP contribution in [0.3, 0.4) is 0 Å². The van der Waals surface area contributed by atoms with Crippen molar-refractivity contribution in [3.8, 4) is 0 Å². The van der Waals surface area contributed by atoms with Gasteiger partial charge in [0.1, 0.15) is 6.61 Å². The number of benzene rings is 2. The van der Waals surface area contributed by atoms with Crippen molar-refractivity contribution in [3.05, 3.63) is 70.2 Å². The molecule has 3 nitrogen and oxygen atoms in total. The van der Waals surface area contributed by atoms with Crippen LogP contribution in [0.15, 0.2) is 48.5 Å². The molecule has 0 atom stereocenters. The molecule has 1 amide bonds. The molecule has 0 saturated heterocycles. The van der Waals surface area contributed by atoms with E-state index in [1.165, 1.54) is 5.06 Å². The van der Waals surface area contributed by atoms with Gasteiger partial charge in [0, 0.05) is 10.6 Å². The van der Waals surface area contributed by atoms with Crippen molar-refractivity contribution < 1.29 is 9.63 Å². The predicted molar refractivity (Wildman–Crippen MR) is 72.6 cm³/mol. The van der Waals surface area contributed by atoms with E-state index in [9.17, 15) is 4.79 Å². The number of hydrogen-bond donors (Lipinski definition) is 0. The zero-order valence-corrected chi connectivity index (χ0v) is 10.9. The molecule has 96 valence electrons. The van der Waals surface area contributed by atoms with Gasteiger partial charge in [0.25, 0.3) is 5.91 Å². The Kier molecular flexibility index (Phi) is 3.23. The third kappa shape index (κ3) is 2.48. The van der Waals surface area contributed by atoms with E-state index in [4.69, 9.17) is 16.4 Å². The lowest BCUT2D eigenvalue weighted by Gasteiger charge is -2.15. The number of rotatable bonds is 3. The van der Waals surface area contributed by atoms with Gasteiger partial charge in [-0.1, -0.05) is 41.9 Å². The smallest absolute Gasteiger partial charge is 0.267 e. The molecular formula is C15H12ClNO2. The van der Waals surface area contributed by atoms with E-state index >= 15 is 0 Å². The first kappa shape index (κ1) is 12.2. The summed E-state index contributed by atoms with van der Waals surface area (Å²) in [7, 11) is 0. The molecule has 0 bridgehead atoms. The first-order chi connectivity index (χ1) is 9.24. The Morgan fingerprint density at radius 1 is 1.11 bits per heavy atom. The first-order valence-electron chi connectivity index (χ1n) is 6.01. The van der Waals surface area contributed by atoms with Crippen molar-refractivity contribution in [2.24, 2.45) is 0 Å². The summed E-state index contributed by atoms with van der Waals surface area (Å²) in [5.41, 5.74) is 2.70. The van der Waals surface area contributed by atoms with E-state index in [1.807, 2.05) is 36.4 Å². The van der Waals surface area contributed by atoms with Crippen LogP contribution in [-0.2, 0) is 18.0 Å². The van der Waals surface area contributed by atoms with Crippen LogP contribution in [0, 0.1) is 0 Å². The zero-order chi connectivity index (χ0) is 13.2. The van der Waals surface area contributed by atoms with Gasteiger partial charge in [-0.25, -0.2) is 5.06 Å². The number of hydrogen-bond acceptors (Lipinski definition) is 2. The lowest BCUT2D eigenvalue weighted by Crippen LogP contribution is -2.24. The van der Waals surface area contributed by atoms with Crippen molar-refractivity contribution in [1.82, 2.24) is 5.06 Å². The Hall–Kier alpha value is -1.84. The number of nitrogens with zero attached hydrogens (tertiary/aromatic N) is 1. The summed E-state index contributed by atoms with van der Waals surface area (Å²) in [6.07, 6.45) is 0.